The first-order valence-corrected chi connectivity index (χ1v) is 16.3. The molecule has 46 heavy (non-hydrogen) atoms. The van der Waals surface area contributed by atoms with E-state index in [-0.39, 0.29) is 0 Å². The molecule has 0 spiro atoms. The fourth-order valence-electron chi connectivity index (χ4n) is 6.46. The largest absolute Gasteiger partial charge is 0.310 e. The number of para-hydroxylation sites is 1. The molecular formula is C44H30BrN. The monoisotopic (exact) mass is 651 g/mol. The summed E-state index contributed by atoms with van der Waals surface area (Å²) >= 11 is 3.60. The highest BCUT2D eigenvalue weighted by molar-refractivity contribution is 9.10. The van der Waals surface area contributed by atoms with Gasteiger partial charge < -0.3 is 4.90 Å². The van der Waals surface area contributed by atoms with Crippen LogP contribution >= 0.6 is 15.9 Å². The third kappa shape index (κ3) is 5.38. The quantitative estimate of drug-likeness (QED) is 0.162. The van der Waals surface area contributed by atoms with Gasteiger partial charge in [0.1, 0.15) is 0 Å². The van der Waals surface area contributed by atoms with E-state index in [2.05, 4.69) is 203 Å². The minimum Gasteiger partial charge on any atom is -0.310 e. The van der Waals surface area contributed by atoms with Crippen LogP contribution in [0, 0.1) is 0 Å². The van der Waals surface area contributed by atoms with Crippen molar-refractivity contribution in [3.63, 3.8) is 0 Å². The predicted molar refractivity (Wildman–Crippen MR) is 200 cm³/mol. The summed E-state index contributed by atoms with van der Waals surface area (Å²) in [6.45, 7) is 0. The summed E-state index contributed by atoms with van der Waals surface area (Å²) < 4.78 is 1.08. The van der Waals surface area contributed by atoms with Gasteiger partial charge in [0, 0.05) is 21.5 Å². The normalized spacial score (nSPS) is 11.2. The van der Waals surface area contributed by atoms with E-state index in [4.69, 9.17) is 0 Å². The van der Waals surface area contributed by atoms with E-state index >= 15 is 0 Å². The van der Waals surface area contributed by atoms with Crippen LogP contribution in [-0.2, 0) is 0 Å². The van der Waals surface area contributed by atoms with Gasteiger partial charge in [-0.15, -0.1) is 0 Å². The lowest BCUT2D eigenvalue weighted by Gasteiger charge is -2.27. The second-order valence-electron chi connectivity index (χ2n) is 11.6. The van der Waals surface area contributed by atoms with Gasteiger partial charge in [0.15, 0.2) is 0 Å². The van der Waals surface area contributed by atoms with E-state index in [1.165, 1.54) is 54.9 Å². The van der Waals surface area contributed by atoms with Crippen molar-refractivity contribution in [1.29, 1.82) is 0 Å². The first-order chi connectivity index (χ1) is 22.7. The van der Waals surface area contributed by atoms with E-state index < -0.39 is 0 Å². The van der Waals surface area contributed by atoms with E-state index in [0.717, 1.165) is 21.5 Å². The molecule has 0 aromatic heterocycles. The van der Waals surface area contributed by atoms with Crippen LogP contribution in [0.5, 0.6) is 0 Å². The Morgan fingerprint density at radius 3 is 1.52 bits per heavy atom. The van der Waals surface area contributed by atoms with Gasteiger partial charge in [0.2, 0.25) is 0 Å². The van der Waals surface area contributed by atoms with Gasteiger partial charge in [-0.25, -0.2) is 0 Å². The number of nitrogens with zero attached hydrogens (tertiary/aromatic N) is 1. The zero-order valence-electron chi connectivity index (χ0n) is 25.1. The van der Waals surface area contributed by atoms with Crippen LogP contribution in [0.25, 0.3) is 54.9 Å². The Bertz CT molecular complexity index is 2240. The van der Waals surface area contributed by atoms with E-state index in [0.29, 0.717) is 0 Å². The molecule has 0 heterocycles. The third-order valence-corrected chi connectivity index (χ3v) is 9.19. The van der Waals surface area contributed by atoms with Crippen LogP contribution in [0.4, 0.5) is 17.1 Å². The van der Waals surface area contributed by atoms with Gasteiger partial charge in [-0.3, -0.25) is 0 Å². The number of hydrogen-bond donors (Lipinski definition) is 0. The van der Waals surface area contributed by atoms with E-state index in [1.807, 2.05) is 0 Å². The number of halogens is 1. The minimum absolute atomic E-state index is 1.08. The maximum atomic E-state index is 3.60. The van der Waals surface area contributed by atoms with E-state index in [9.17, 15) is 0 Å². The third-order valence-electron chi connectivity index (χ3n) is 8.66. The molecule has 0 unspecified atom stereocenters. The van der Waals surface area contributed by atoms with Crippen molar-refractivity contribution in [1.82, 2.24) is 0 Å². The van der Waals surface area contributed by atoms with Crippen LogP contribution in [0.3, 0.4) is 0 Å². The number of rotatable bonds is 6. The molecule has 0 N–H and O–H groups in total. The Morgan fingerprint density at radius 2 is 0.891 bits per heavy atom. The maximum Gasteiger partial charge on any atom is 0.0473 e. The summed E-state index contributed by atoms with van der Waals surface area (Å²) in [6, 6.07) is 65.5. The lowest BCUT2D eigenvalue weighted by atomic mass is 9.93. The Morgan fingerprint density at radius 1 is 0.326 bits per heavy atom. The molecule has 0 aliphatic carbocycles. The second kappa shape index (κ2) is 12.2. The fourth-order valence-corrected chi connectivity index (χ4v) is 6.72. The number of fused-ring (bicyclic) bond motifs is 3. The first kappa shape index (κ1) is 28.1. The first-order valence-electron chi connectivity index (χ1n) is 15.5. The molecule has 0 radical (unpaired) electrons. The number of anilines is 3. The van der Waals surface area contributed by atoms with Gasteiger partial charge in [0.05, 0.1) is 0 Å². The summed E-state index contributed by atoms with van der Waals surface area (Å²) in [5.74, 6) is 0. The van der Waals surface area contributed by atoms with Gasteiger partial charge >= 0.3 is 0 Å². The standard InChI is InChI=1S/C44H30BrN/c45-37-23-20-33(21-24-37)43-29-34-22-25-39(30-44(34)42-19-11-10-18-41(42)43)46(38-16-8-3-9-17-38)40-27-35(31-12-4-1-5-13-31)26-36(28-40)32-14-6-2-7-15-32/h1-30H. The molecule has 8 aromatic carbocycles. The minimum atomic E-state index is 1.08. The lowest BCUT2D eigenvalue weighted by Crippen LogP contribution is -2.10. The topological polar surface area (TPSA) is 3.24 Å². The maximum absolute atomic E-state index is 3.60. The molecule has 0 aliphatic heterocycles. The van der Waals surface area contributed by atoms with Crippen LogP contribution in [0.1, 0.15) is 0 Å². The van der Waals surface area contributed by atoms with Crippen molar-refractivity contribution >= 4 is 54.5 Å². The zero-order valence-corrected chi connectivity index (χ0v) is 26.7. The summed E-state index contributed by atoms with van der Waals surface area (Å²) in [5, 5.41) is 4.95. The molecule has 1 nitrogen and oxygen atoms in total. The molecule has 0 saturated heterocycles. The molecule has 0 aliphatic rings. The Balaban J connectivity index is 1.36. The lowest BCUT2D eigenvalue weighted by molar-refractivity contribution is 1.29. The predicted octanol–water partition coefficient (Wildman–Crippen LogP) is 13.2. The van der Waals surface area contributed by atoms with Crippen molar-refractivity contribution in [2.75, 3.05) is 4.90 Å². The molecule has 0 saturated carbocycles. The van der Waals surface area contributed by atoms with Gasteiger partial charge in [-0.05, 0) is 116 Å². The molecule has 2 heteroatoms. The summed E-state index contributed by atoms with van der Waals surface area (Å²) in [6.07, 6.45) is 0. The zero-order chi connectivity index (χ0) is 30.9. The summed E-state index contributed by atoms with van der Waals surface area (Å²) in [4.78, 5) is 2.38. The van der Waals surface area contributed by atoms with Gasteiger partial charge in [-0.2, -0.15) is 0 Å². The molecule has 0 atom stereocenters. The summed E-state index contributed by atoms with van der Waals surface area (Å²) in [7, 11) is 0. The van der Waals surface area contributed by atoms with Gasteiger partial charge in [0.25, 0.3) is 0 Å². The summed E-state index contributed by atoms with van der Waals surface area (Å²) in [5.41, 5.74) is 10.5. The van der Waals surface area contributed by atoms with Crippen LogP contribution in [-0.4, -0.2) is 0 Å². The van der Waals surface area contributed by atoms with Crippen molar-refractivity contribution in [3.05, 3.63) is 186 Å². The Kier molecular flexibility index (Phi) is 7.42. The van der Waals surface area contributed by atoms with Crippen LogP contribution < -0.4 is 4.90 Å². The second-order valence-corrected chi connectivity index (χ2v) is 12.5. The molecule has 218 valence electrons. The van der Waals surface area contributed by atoms with Crippen LogP contribution in [0.15, 0.2) is 186 Å². The van der Waals surface area contributed by atoms with Crippen molar-refractivity contribution in [2.24, 2.45) is 0 Å². The van der Waals surface area contributed by atoms with Gasteiger partial charge in [-0.1, -0.05) is 137 Å². The Hall–Kier alpha value is -5.44. The number of benzene rings is 8. The fraction of sp³-hybridized carbons (Fsp3) is 0. The molecule has 8 aromatic rings. The van der Waals surface area contributed by atoms with E-state index in [1.54, 1.807) is 0 Å². The molecule has 8 rings (SSSR count). The Labute approximate surface area is 278 Å². The van der Waals surface area contributed by atoms with Crippen molar-refractivity contribution < 1.29 is 0 Å². The highest BCUT2D eigenvalue weighted by atomic mass is 79.9. The van der Waals surface area contributed by atoms with Crippen LogP contribution in [0.2, 0.25) is 0 Å². The molecule has 0 fully saturated rings. The van der Waals surface area contributed by atoms with Crippen molar-refractivity contribution in [3.8, 4) is 33.4 Å². The average Bonchev–Trinajstić information content (AvgIpc) is 3.13. The molecule has 0 amide bonds. The van der Waals surface area contributed by atoms with Crippen molar-refractivity contribution in [2.45, 2.75) is 0 Å². The molecule has 0 bridgehead atoms. The number of hydrogen-bond acceptors (Lipinski definition) is 1. The molecular weight excluding hydrogens is 622 g/mol. The highest BCUT2D eigenvalue weighted by Gasteiger charge is 2.17. The highest BCUT2D eigenvalue weighted by Crippen LogP contribution is 2.42. The average molecular weight is 653 g/mol. The smallest absolute Gasteiger partial charge is 0.0473 e. The SMILES string of the molecule is Brc1ccc(-c2cc3ccc(N(c4ccccc4)c4cc(-c5ccccc5)cc(-c5ccccc5)c4)cc3c3ccccc23)cc1.